The quantitative estimate of drug-likeness (QED) is 0.247. The highest BCUT2D eigenvalue weighted by molar-refractivity contribution is 6.32. The Morgan fingerprint density at radius 3 is 2.39 bits per heavy atom. The molecule has 2 aliphatic rings. The van der Waals surface area contributed by atoms with Crippen molar-refractivity contribution in [3.8, 4) is 11.3 Å². The van der Waals surface area contributed by atoms with Crippen molar-refractivity contribution in [2.75, 3.05) is 0 Å². The minimum atomic E-state index is -1.14. The second-order valence-corrected chi connectivity index (χ2v) is 6.99. The molecule has 1 aromatic carbocycles. The molecule has 2 heterocycles. The van der Waals surface area contributed by atoms with Gasteiger partial charge in [-0.05, 0) is 37.1 Å². The molecule has 2 aromatic rings. The molecule has 28 heavy (non-hydrogen) atoms. The average Bonchev–Trinajstić information content (AvgIpc) is 3.28. The third kappa shape index (κ3) is 3.27. The highest BCUT2D eigenvalue weighted by Crippen LogP contribution is 2.39. The Bertz CT molecular complexity index is 995. The summed E-state index contributed by atoms with van der Waals surface area (Å²) in [6, 6.07) is 7.34. The molecule has 8 nitrogen and oxygen atoms in total. The van der Waals surface area contributed by atoms with Crippen molar-refractivity contribution >= 4 is 35.3 Å². The smallest absolute Gasteiger partial charge is 0.349 e. The lowest BCUT2D eigenvalue weighted by Crippen LogP contribution is -2.44. The summed E-state index contributed by atoms with van der Waals surface area (Å²) in [6.45, 7) is 0. The molecule has 1 spiro atoms. The number of esters is 2. The number of nitrogens with zero attached hydrogens (tertiary/aromatic N) is 1. The fourth-order valence-electron chi connectivity index (χ4n) is 3.32. The molecule has 1 aliphatic heterocycles. The third-order valence-corrected chi connectivity index (χ3v) is 5.02. The van der Waals surface area contributed by atoms with Gasteiger partial charge >= 0.3 is 11.9 Å². The number of ether oxygens (including phenoxy) is 2. The maximum absolute atomic E-state index is 12.3. The summed E-state index contributed by atoms with van der Waals surface area (Å²) in [5.41, 5.74) is -0.0864. The van der Waals surface area contributed by atoms with E-state index in [4.69, 9.17) is 25.5 Å². The van der Waals surface area contributed by atoms with Gasteiger partial charge in [0, 0.05) is 30.5 Å². The minimum Gasteiger partial charge on any atom is -0.457 e. The van der Waals surface area contributed by atoms with Crippen molar-refractivity contribution in [3.63, 3.8) is 0 Å². The van der Waals surface area contributed by atoms with E-state index in [1.165, 1.54) is 24.3 Å². The lowest BCUT2D eigenvalue weighted by atomic mass is 10.1. The lowest BCUT2D eigenvalue weighted by molar-refractivity contribution is -0.384. The first-order valence-corrected chi connectivity index (χ1v) is 8.97. The van der Waals surface area contributed by atoms with E-state index in [1.807, 2.05) is 0 Å². The first-order chi connectivity index (χ1) is 13.4. The Labute approximate surface area is 163 Å². The summed E-state index contributed by atoms with van der Waals surface area (Å²) >= 11 is 5.81. The molecule has 0 radical (unpaired) electrons. The number of carbonyl (C=O) groups is 2. The zero-order valence-corrected chi connectivity index (χ0v) is 15.2. The molecule has 0 unspecified atom stereocenters. The van der Waals surface area contributed by atoms with Crippen LogP contribution in [0.1, 0.15) is 31.4 Å². The van der Waals surface area contributed by atoms with Crippen LogP contribution in [0.25, 0.3) is 17.4 Å². The van der Waals surface area contributed by atoms with E-state index >= 15 is 0 Å². The summed E-state index contributed by atoms with van der Waals surface area (Å²) in [5, 5.41) is 11.0. The maximum atomic E-state index is 12.3. The Kier molecular flexibility index (Phi) is 4.43. The number of hydrogen-bond acceptors (Lipinski definition) is 7. The number of nitro groups is 1. The summed E-state index contributed by atoms with van der Waals surface area (Å²) in [5.74, 6) is -2.12. The second kappa shape index (κ2) is 6.79. The van der Waals surface area contributed by atoms with Crippen molar-refractivity contribution in [2.24, 2.45) is 0 Å². The van der Waals surface area contributed by atoms with Gasteiger partial charge in [0.15, 0.2) is 0 Å². The van der Waals surface area contributed by atoms with Crippen molar-refractivity contribution in [1.82, 2.24) is 0 Å². The SMILES string of the molecule is O=C1OC2(CCCC2)OC(=O)C1=Cc1ccc(-c2ccc(Cl)c([N+](=O)[O-])c2)o1. The zero-order valence-electron chi connectivity index (χ0n) is 14.5. The standard InChI is InChI=1S/C19H14ClNO7/c20-14-5-3-11(9-15(14)21(24)25)16-6-4-12(26-16)10-13-17(22)27-19(28-18(13)23)7-1-2-8-19/h3-6,9-10H,1-2,7-8H2. The second-order valence-electron chi connectivity index (χ2n) is 6.58. The molecule has 1 saturated heterocycles. The number of nitro benzene ring substituents is 1. The van der Waals surface area contributed by atoms with Crippen molar-refractivity contribution in [1.29, 1.82) is 0 Å². The average molecular weight is 404 g/mol. The van der Waals surface area contributed by atoms with E-state index < -0.39 is 22.6 Å². The van der Waals surface area contributed by atoms with E-state index in [9.17, 15) is 19.7 Å². The molecule has 9 heteroatoms. The predicted molar refractivity (Wildman–Crippen MR) is 97.2 cm³/mol. The number of carbonyl (C=O) groups excluding carboxylic acids is 2. The monoisotopic (exact) mass is 403 g/mol. The van der Waals surface area contributed by atoms with Gasteiger partial charge < -0.3 is 13.9 Å². The fourth-order valence-corrected chi connectivity index (χ4v) is 3.51. The number of halogens is 1. The number of rotatable bonds is 3. The maximum Gasteiger partial charge on any atom is 0.349 e. The lowest BCUT2D eigenvalue weighted by Gasteiger charge is -2.32. The Morgan fingerprint density at radius 1 is 1.07 bits per heavy atom. The molecule has 0 atom stereocenters. The molecule has 1 saturated carbocycles. The topological polar surface area (TPSA) is 109 Å². The van der Waals surface area contributed by atoms with Crippen molar-refractivity contribution in [2.45, 2.75) is 31.5 Å². The fraction of sp³-hybridized carbons (Fsp3) is 0.263. The summed E-state index contributed by atoms with van der Waals surface area (Å²) in [7, 11) is 0. The van der Waals surface area contributed by atoms with E-state index in [2.05, 4.69) is 0 Å². The van der Waals surface area contributed by atoms with Crippen LogP contribution in [0.15, 0.2) is 40.3 Å². The van der Waals surface area contributed by atoms with Crippen LogP contribution in [0.2, 0.25) is 5.02 Å². The van der Waals surface area contributed by atoms with Gasteiger partial charge in [-0.15, -0.1) is 0 Å². The van der Waals surface area contributed by atoms with Crippen LogP contribution in [0.3, 0.4) is 0 Å². The van der Waals surface area contributed by atoms with E-state index in [0.29, 0.717) is 24.2 Å². The summed E-state index contributed by atoms with van der Waals surface area (Å²) < 4.78 is 16.3. The number of benzene rings is 1. The molecular weight excluding hydrogens is 390 g/mol. The minimum absolute atomic E-state index is 0.0104. The molecule has 2 fully saturated rings. The van der Waals surface area contributed by atoms with Crippen LogP contribution in [-0.2, 0) is 19.1 Å². The van der Waals surface area contributed by atoms with Crippen LogP contribution in [0, 0.1) is 10.1 Å². The van der Waals surface area contributed by atoms with Crippen LogP contribution in [0.5, 0.6) is 0 Å². The Morgan fingerprint density at radius 2 is 1.75 bits per heavy atom. The van der Waals surface area contributed by atoms with Gasteiger partial charge in [-0.1, -0.05) is 11.6 Å². The largest absolute Gasteiger partial charge is 0.457 e. The van der Waals surface area contributed by atoms with Gasteiger partial charge in [0.05, 0.1) is 4.92 Å². The van der Waals surface area contributed by atoms with E-state index in [1.54, 1.807) is 12.1 Å². The third-order valence-electron chi connectivity index (χ3n) is 4.70. The molecule has 0 N–H and O–H groups in total. The van der Waals surface area contributed by atoms with Crippen LogP contribution in [-0.4, -0.2) is 22.6 Å². The van der Waals surface area contributed by atoms with Crippen LogP contribution in [0.4, 0.5) is 5.69 Å². The molecule has 144 valence electrons. The van der Waals surface area contributed by atoms with Crippen LogP contribution >= 0.6 is 11.6 Å². The predicted octanol–water partition coefficient (Wildman–Crippen LogP) is 4.26. The Hall–Kier alpha value is -3.13. The molecule has 1 aromatic heterocycles. The number of hydrogen-bond donors (Lipinski definition) is 0. The zero-order chi connectivity index (χ0) is 19.9. The highest BCUT2D eigenvalue weighted by atomic mass is 35.5. The molecular formula is C19H14ClNO7. The highest BCUT2D eigenvalue weighted by Gasteiger charge is 2.48. The summed E-state index contributed by atoms with van der Waals surface area (Å²) in [4.78, 5) is 35.0. The van der Waals surface area contributed by atoms with E-state index in [0.717, 1.165) is 12.8 Å². The molecule has 0 amide bonds. The normalized spacial score (nSPS) is 18.1. The van der Waals surface area contributed by atoms with Gasteiger partial charge in [0.1, 0.15) is 22.1 Å². The van der Waals surface area contributed by atoms with E-state index in [-0.39, 0.29) is 22.0 Å². The Balaban J connectivity index is 1.60. The first kappa shape index (κ1) is 18.2. The van der Waals surface area contributed by atoms with Crippen LogP contribution < -0.4 is 0 Å². The van der Waals surface area contributed by atoms with Gasteiger partial charge in [-0.3, -0.25) is 10.1 Å². The van der Waals surface area contributed by atoms with Gasteiger partial charge in [-0.2, -0.15) is 0 Å². The molecule has 1 aliphatic carbocycles. The van der Waals surface area contributed by atoms with Gasteiger partial charge in [-0.25, -0.2) is 9.59 Å². The number of furan rings is 1. The van der Waals surface area contributed by atoms with Gasteiger partial charge in [0.2, 0.25) is 0 Å². The first-order valence-electron chi connectivity index (χ1n) is 8.59. The molecule has 4 rings (SSSR count). The molecule has 0 bridgehead atoms. The summed E-state index contributed by atoms with van der Waals surface area (Å²) in [6.07, 6.45) is 3.89. The van der Waals surface area contributed by atoms with Crippen molar-refractivity contribution in [3.05, 3.63) is 56.8 Å². The van der Waals surface area contributed by atoms with Gasteiger partial charge in [0.25, 0.3) is 11.5 Å². The van der Waals surface area contributed by atoms with Crippen molar-refractivity contribution < 1.29 is 28.4 Å².